The van der Waals surface area contributed by atoms with Crippen LogP contribution in [0.25, 0.3) is 10.9 Å². The third-order valence-corrected chi connectivity index (χ3v) is 9.96. The number of aromatic nitrogens is 1. The topological polar surface area (TPSA) is 133 Å². The molecule has 1 aliphatic rings. The molecule has 2 N–H and O–H groups in total. The molecule has 11 heteroatoms. The predicted octanol–water partition coefficient (Wildman–Crippen LogP) is 5.04. The van der Waals surface area contributed by atoms with E-state index in [1.165, 1.54) is 43.5 Å². The van der Waals surface area contributed by atoms with Crippen LogP contribution in [0.5, 0.6) is 5.75 Å². The van der Waals surface area contributed by atoms with E-state index in [-0.39, 0.29) is 22.5 Å². The SMILES string of the molecule is COC(=O)C(C(=O)c1ccc(Cc2cn(C)c3ccc(NC(=O)NC4CCCC4)cc23)c(OC)c1)S(=O)(=O)c1ccccc1. The minimum Gasteiger partial charge on any atom is -0.496 e. The number of nitrogens with zero attached hydrogens (tertiary/aromatic N) is 1. The van der Waals surface area contributed by atoms with Gasteiger partial charge < -0.3 is 24.7 Å². The molecule has 44 heavy (non-hydrogen) atoms. The fourth-order valence-electron chi connectivity index (χ4n) is 5.74. The van der Waals surface area contributed by atoms with Gasteiger partial charge in [0, 0.05) is 47.9 Å². The first-order valence-corrected chi connectivity index (χ1v) is 15.9. The number of urea groups is 1. The summed E-state index contributed by atoms with van der Waals surface area (Å²) >= 11 is 0. The number of carbonyl (C=O) groups is 3. The number of Topliss-reactive ketones (excluding diaryl/α,β-unsaturated/α-hetero) is 1. The number of anilines is 1. The molecular formula is C33H35N3O7S. The van der Waals surface area contributed by atoms with E-state index < -0.39 is 26.8 Å². The average Bonchev–Trinajstić information content (AvgIpc) is 3.64. The molecule has 1 heterocycles. The van der Waals surface area contributed by atoms with Crippen molar-refractivity contribution in [2.75, 3.05) is 19.5 Å². The van der Waals surface area contributed by atoms with E-state index in [9.17, 15) is 22.8 Å². The number of esters is 1. The van der Waals surface area contributed by atoms with Crippen molar-refractivity contribution in [3.63, 3.8) is 0 Å². The molecule has 4 aromatic rings. The van der Waals surface area contributed by atoms with Crippen LogP contribution in [0.4, 0.5) is 10.5 Å². The summed E-state index contributed by atoms with van der Waals surface area (Å²) in [4.78, 5) is 38.6. The highest BCUT2D eigenvalue weighted by Gasteiger charge is 2.42. The van der Waals surface area contributed by atoms with Crippen molar-refractivity contribution in [3.8, 4) is 5.75 Å². The Morgan fingerprint density at radius 1 is 0.955 bits per heavy atom. The summed E-state index contributed by atoms with van der Waals surface area (Å²) in [7, 11) is 0.0536. The van der Waals surface area contributed by atoms with E-state index in [1.807, 2.05) is 36.0 Å². The van der Waals surface area contributed by atoms with Crippen LogP contribution >= 0.6 is 0 Å². The van der Waals surface area contributed by atoms with E-state index in [4.69, 9.17) is 9.47 Å². The number of hydrogen-bond donors (Lipinski definition) is 2. The number of carbonyl (C=O) groups excluding carboxylic acids is 3. The number of ketones is 1. The maximum absolute atomic E-state index is 13.5. The summed E-state index contributed by atoms with van der Waals surface area (Å²) in [6.07, 6.45) is 6.66. The Hall–Kier alpha value is -4.64. The lowest BCUT2D eigenvalue weighted by atomic mass is 9.99. The van der Waals surface area contributed by atoms with E-state index in [0.717, 1.165) is 54.8 Å². The first-order valence-electron chi connectivity index (χ1n) is 14.4. The van der Waals surface area contributed by atoms with Crippen molar-refractivity contribution in [2.45, 2.75) is 48.3 Å². The van der Waals surface area contributed by atoms with Crippen LogP contribution < -0.4 is 15.4 Å². The van der Waals surface area contributed by atoms with E-state index >= 15 is 0 Å². The van der Waals surface area contributed by atoms with Gasteiger partial charge in [0.15, 0.2) is 15.6 Å². The molecule has 0 spiro atoms. The van der Waals surface area contributed by atoms with Gasteiger partial charge >= 0.3 is 12.0 Å². The smallest absolute Gasteiger partial charge is 0.332 e. The van der Waals surface area contributed by atoms with Crippen LogP contribution in [0.1, 0.15) is 47.2 Å². The summed E-state index contributed by atoms with van der Waals surface area (Å²) in [5.41, 5.74) is 3.34. The molecule has 0 radical (unpaired) electrons. The second kappa shape index (κ2) is 12.9. The Labute approximate surface area is 256 Å². The summed E-state index contributed by atoms with van der Waals surface area (Å²) in [5, 5.41) is 4.85. The highest BCUT2D eigenvalue weighted by Crippen LogP contribution is 2.31. The van der Waals surface area contributed by atoms with Crippen LogP contribution in [0.3, 0.4) is 0 Å². The quantitative estimate of drug-likeness (QED) is 0.145. The third-order valence-electron chi connectivity index (χ3n) is 8.01. The zero-order valence-electron chi connectivity index (χ0n) is 24.8. The minimum absolute atomic E-state index is 0.00168. The van der Waals surface area contributed by atoms with Crippen LogP contribution in [0, 0.1) is 0 Å². The van der Waals surface area contributed by atoms with Gasteiger partial charge in [-0.05, 0) is 60.4 Å². The van der Waals surface area contributed by atoms with E-state index in [1.54, 1.807) is 12.1 Å². The molecule has 5 rings (SSSR count). The lowest BCUT2D eigenvalue weighted by Gasteiger charge is -2.16. The summed E-state index contributed by atoms with van der Waals surface area (Å²) in [6.45, 7) is 0. The van der Waals surface area contributed by atoms with Gasteiger partial charge in [0.25, 0.3) is 0 Å². The Morgan fingerprint density at radius 3 is 2.36 bits per heavy atom. The number of benzene rings is 3. The van der Waals surface area contributed by atoms with Crippen molar-refractivity contribution in [1.82, 2.24) is 9.88 Å². The molecule has 1 unspecified atom stereocenters. The van der Waals surface area contributed by atoms with Crippen LogP contribution in [0.2, 0.25) is 0 Å². The van der Waals surface area contributed by atoms with Gasteiger partial charge in [-0.25, -0.2) is 13.2 Å². The Bertz CT molecular complexity index is 1810. The largest absolute Gasteiger partial charge is 0.496 e. The van der Waals surface area contributed by atoms with E-state index in [2.05, 4.69) is 10.6 Å². The van der Waals surface area contributed by atoms with Crippen LogP contribution in [-0.2, 0) is 32.8 Å². The van der Waals surface area contributed by atoms with Gasteiger partial charge in [-0.3, -0.25) is 9.59 Å². The number of nitrogens with one attached hydrogen (secondary N) is 2. The van der Waals surface area contributed by atoms with Crippen molar-refractivity contribution in [1.29, 1.82) is 0 Å². The van der Waals surface area contributed by atoms with Gasteiger partial charge in [-0.15, -0.1) is 0 Å². The molecule has 1 aliphatic carbocycles. The second-order valence-corrected chi connectivity index (χ2v) is 12.9. The molecule has 0 bridgehead atoms. The van der Waals surface area contributed by atoms with Crippen molar-refractivity contribution in [3.05, 3.63) is 89.6 Å². The lowest BCUT2D eigenvalue weighted by molar-refractivity contribution is -0.139. The average molecular weight is 618 g/mol. The number of amides is 2. The molecule has 0 saturated heterocycles. The molecule has 2 amide bonds. The molecule has 1 fully saturated rings. The first kappa shape index (κ1) is 30.8. The maximum Gasteiger partial charge on any atom is 0.332 e. The number of methoxy groups -OCH3 is 2. The Morgan fingerprint density at radius 2 is 1.68 bits per heavy atom. The van der Waals surface area contributed by atoms with Crippen molar-refractivity contribution >= 4 is 44.2 Å². The van der Waals surface area contributed by atoms with Gasteiger partial charge in [-0.2, -0.15) is 0 Å². The summed E-state index contributed by atoms with van der Waals surface area (Å²) in [5.74, 6) is -1.72. The number of sulfone groups is 1. The fourth-order valence-corrected chi connectivity index (χ4v) is 7.32. The zero-order valence-corrected chi connectivity index (χ0v) is 25.6. The van der Waals surface area contributed by atoms with Gasteiger partial charge in [0.2, 0.25) is 5.25 Å². The monoisotopic (exact) mass is 617 g/mol. The third kappa shape index (κ3) is 6.33. The predicted molar refractivity (Wildman–Crippen MR) is 167 cm³/mol. The van der Waals surface area contributed by atoms with Crippen LogP contribution in [-0.4, -0.2) is 56.3 Å². The number of ether oxygens (including phenoxy) is 2. The molecule has 3 aromatic carbocycles. The Balaban J connectivity index is 1.41. The molecular weight excluding hydrogens is 582 g/mol. The van der Waals surface area contributed by atoms with Gasteiger partial charge in [-0.1, -0.05) is 43.2 Å². The molecule has 0 aliphatic heterocycles. The number of hydrogen-bond acceptors (Lipinski definition) is 7. The van der Waals surface area contributed by atoms with Gasteiger partial charge in [0.05, 0.1) is 19.1 Å². The van der Waals surface area contributed by atoms with Crippen LogP contribution in [0.15, 0.2) is 77.8 Å². The fraction of sp³-hybridized carbons (Fsp3) is 0.303. The Kier molecular flexibility index (Phi) is 9.05. The minimum atomic E-state index is -4.38. The number of rotatable bonds is 10. The summed E-state index contributed by atoms with van der Waals surface area (Å²) < 4.78 is 39.0. The van der Waals surface area contributed by atoms with Gasteiger partial charge in [0.1, 0.15) is 5.75 Å². The number of fused-ring (bicyclic) bond motifs is 1. The van der Waals surface area contributed by atoms with Crippen molar-refractivity contribution in [2.24, 2.45) is 7.05 Å². The summed E-state index contributed by atoms with van der Waals surface area (Å²) in [6, 6.07) is 17.7. The normalized spacial score (nSPS) is 14.2. The zero-order chi connectivity index (χ0) is 31.4. The lowest BCUT2D eigenvalue weighted by Crippen LogP contribution is -2.39. The number of aryl methyl sites for hydroxylation is 1. The standard InChI is InChI=1S/C33H35N3O7S/c1-36-20-23(27-19-25(15-16-28(27)36)35-33(39)34-24-9-7-8-10-24)17-21-13-14-22(18-29(21)42-2)30(37)31(32(38)43-3)44(40,41)26-11-5-4-6-12-26/h4-6,11-16,18-20,24,31H,7-10,17H2,1-3H3,(H2,34,35,39). The first-order chi connectivity index (χ1) is 21.1. The molecule has 1 aromatic heterocycles. The molecule has 230 valence electrons. The van der Waals surface area contributed by atoms with E-state index in [0.29, 0.717) is 17.9 Å². The van der Waals surface area contributed by atoms with Crippen molar-refractivity contribution < 1.29 is 32.3 Å². The molecule has 10 nitrogen and oxygen atoms in total. The maximum atomic E-state index is 13.5. The highest BCUT2D eigenvalue weighted by molar-refractivity contribution is 7.93. The second-order valence-electron chi connectivity index (χ2n) is 10.9. The molecule has 1 atom stereocenters. The highest BCUT2D eigenvalue weighted by atomic mass is 32.2. The molecule has 1 saturated carbocycles.